The van der Waals surface area contributed by atoms with Crippen LogP contribution in [-0.2, 0) is 9.59 Å². The SMILES string of the molecule is COc1ccc(OC)c(/C=C2/C(=O)NC(=O)N(c3ccccc3F)C2=O)c1. The van der Waals surface area contributed by atoms with Gasteiger partial charge in [0, 0.05) is 5.56 Å². The number of carbonyl (C=O) groups is 3. The Kier molecular flexibility index (Phi) is 4.89. The molecule has 2 aromatic rings. The molecule has 1 N–H and O–H groups in total. The standard InChI is InChI=1S/C19H15FN2O5/c1-26-12-7-8-16(27-2)11(9-12)10-13-17(23)21-19(25)22(18(13)24)15-6-4-3-5-14(15)20/h3-10H,1-2H3,(H,21,23,25)/b13-10-. The molecule has 0 aromatic heterocycles. The highest BCUT2D eigenvalue weighted by molar-refractivity contribution is 6.39. The van der Waals surface area contributed by atoms with Gasteiger partial charge in [0.15, 0.2) is 0 Å². The van der Waals surface area contributed by atoms with Crippen molar-refractivity contribution in [2.45, 2.75) is 0 Å². The van der Waals surface area contributed by atoms with Gasteiger partial charge < -0.3 is 9.47 Å². The smallest absolute Gasteiger partial charge is 0.336 e. The van der Waals surface area contributed by atoms with Gasteiger partial charge in [-0.15, -0.1) is 0 Å². The Labute approximate surface area is 154 Å². The van der Waals surface area contributed by atoms with E-state index in [1.54, 1.807) is 18.2 Å². The molecule has 2 aromatic carbocycles. The number of rotatable bonds is 4. The number of hydrogen-bond acceptors (Lipinski definition) is 5. The zero-order valence-corrected chi connectivity index (χ0v) is 14.5. The van der Waals surface area contributed by atoms with Crippen LogP contribution in [0.1, 0.15) is 5.56 Å². The molecule has 0 radical (unpaired) electrons. The molecule has 1 saturated heterocycles. The zero-order valence-electron chi connectivity index (χ0n) is 14.5. The van der Waals surface area contributed by atoms with Crippen molar-refractivity contribution in [1.29, 1.82) is 0 Å². The number of nitrogens with zero attached hydrogens (tertiary/aromatic N) is 1. The van der Waals surface area contributed by atoms with Crippen molar-refractivity contribution in [3.8, 4) is 11.5 Å². The van der Waals surface area contributed by atoms with Gasteiger partial charge in [-0.05, 0) is 36.4 Å². The van der Waals surface area contributed by atoms with Crippen LogP contribution in [0.4, 0.5) is 14.9 Å². The quantitative estimate of drug-likeness (QED) is 0.660. The van der Waals surface area contributed by atoms with Gasteiger partial charge >= 0.3 is 6.03 Å². The van der Waals surface area contributed by atoms with Crippen molar-refractivity contribution in [2.75, 3.05) is 19.1 Å². The Balaban J connectivity index is 2.09. The Hall–Kier alpha value is -3.68. The van der Waals surface area contributed by atoms with Crippen molar-refractivity contribution in [3.63, 3.8) is 0 Å². The number of nitrogens with one attached hydrogen (secondary N) is 1. The first-order valence-corrected chi connectivity index (χ1v) is 7.84. The molecule has 1 fully saturated rings. The van der Waals surface area contributed by atoms with Crippen molar-refractivity contribution < 1.29 is 28.2 Å². The van der Waals surface area contributed by atoms with Gasteiger partial charge in [0.1, 0.15) is 22.9 Å². The zero-order chi connectivity index (χ0) is 19.6. The van der Waals surface area contributed by atoms with Gasteiger partial charge in [0.05, 0.1) is 19.9 Å². The van der Waals surface area contributed by atoms with E-state index in [0.29, 0.717) is 22.0 Å². The normalized spacial score (nSPS) is 15.7. The Morgan fingerprint density at radius 1 is 1.04 bits per heavy atom. The lowest BCUT2D eigenvalue weighted by Gasteiger charge is -2.26. The number of hydrogen-bond donors (Lipinski definition) is 1. The maximum atomic E-state index is 14.1. The van der Waals surface area contributed by atoms with Crippen LogP contribution in [-0.4, -0.2) is 32.1 Å². The summed E-state index contributed by atoms with van der Waals surface area (Å²) >= 11 is 0. The van der Waals surface area contributed by atoms with Crippen LogP contribution in [0, 0.1) is 5.82 Å². The van der Waals surface area contributed by atoms with Crippen LogP contribution in [0.5, 0.6) is 11.5 Å². The van der Waals surface area contributed by atoms with Crippen LogP contribution >= 0.6 is 0 Å². The molecule has 0 spiro atoms. The topological polar surface area (TPSA) is 84.9 Å². The molecule has 1 aliphatic heterocycles. The number of amides is 4. The molecule has 4 amide bonds. The molecule has 1 heterocycles. The summed E-state index contributed by atoms with van der Waals surface area (Å²) in [6, 6.07) is 9.08. The number of barbiturate groups is 1. The van der Waals surface area contributed by atoms with E-state index < -0.39 is 23.7 Å². The minimum atomic E-state index is -1.02. The van der Waals surface area contributed by atoms with E-state index in [2.05, 4.69) is 0 Å². The Morgan fingerprint density at radius 2 is 1.78 bits per heavy atom. The fourth-order valence-corrected chi connectivity index (χ4v) is 2.62. The molecule has 7 nitrogen and oxygen atoms in total. The molecule has 0 aliphatic carbocycles. The molecule has 0 bridgehead atoms. The van der Waals surface area contributed by atoms with E-state index in [4.69, 9.17) is 9.47 Å². The third kappa shape index (κ3) is 3.37. The number of carbonyl (C=O) groups excluding carboxylic acids is 3. The van der Waals surface area contributed by atoms with E-state index in [1.807, 2.05) is 5.32 Å². The fraction of sp³-hybridized carbons (Fsp3) is 0.105. The summed E-state index contributed by atoms with van der Waals surface area (Å²) in [6.07, 6.45) is 1.26. The molecule has 138 valence electrons. The minimum Gasteiger partial charge on any atom is -0.497 e. The lowest BCUT2D eigenvalue weighted by atomic mass is 10.1. The second-order valence-corrected chi connectivity index (χ2v) is 5.52. The summed E-state index contributed by atoms with van der Waals surface area (Å²) in [5, 5.41) is 2.04. The fourth-order valence-electron chi connectivity index (χ4n) is 2.62. The number of para-hydroxylation sites is 1. The Bertz CT molecular complexity index is 970. The highest BCUT2D eigenvalue weighted by Gasteiger charge is 2.38. The van der Waals surface area contributed by atoms with E-state index in [-0.39, 0.29) is 11.3 Å². The number of urea groups is 1. The molecular formula is C19H15FN2O5. The Morgan fingerprint density at radius 3 is 2.44 bits per heavy atom. The molecule has 0 saturated carbocycles. The number of anilines is 1. The van der Waals surface area contributed by atoms with Gasteiger partial charge in [-0.2, -0.15) is 0 Å². The van der Waals surface area contributed by atoms with Crippen LogP contribution in [0.2, 0.25) is 0 Å². The molecule has 3 rings (SSSR count). The number of halogens is 1. The molecular weight excluding hydrogens is 355 g/mol. The van der Waals surface area contributed by atoms with Crippen molar-refractivity contribution in [1.82, 2.24) is 5.32 Å². The molecule has 27 heavy (non-hydrogen) atoms. The van der Waals surface area contributed by atoms with Crippen LogP contribution in [0.25, 0.3) is 6.08 Å². The van der Waals surface area contributed by atoms with Crippen molar-refractivity contribution >= 4 is 29.6 Å². The first-order valence-electron chi connectivity index (χ1n) is 7.84. The van der Waals surface area contributed by atoms with Gasteiger partial charge in [-0.1, -0.05) is 12.1 Å². The van der Waals surface area contributed by atoms with Crippen LogP contribution in [0.15, 0.2) is 48.0 Å². The maximum absolute atomic E-state index is 14.1. The van der Waals surface area contributed by atoms with Gasteiger partial charge in [0.2, 0.25) is 0 Å². The average molecular weight is 370 g/mol. The average Bonchev–Trinajstić information content (AvgIpc) is 2.66. The summed E-state index contributed by atoms with van der Waals surface area (Å²) < 4.78 is 24.4. The highest BCUT2D eigenvalue weighted by Crippen LogP contribution is 2.29. The largest absolute Gasteiger partial charge is 0.497 e. The lowest BCUT2D eigenvalue weighted by Crippen LogP contribution is -2.54. The summed E-state index contributed by atoms with van der Waals surface area (Å²) in [7, 11) is 2.90. The summed E-state index contributed by atoms with van der Waals surface area (Å²) in [5.41, 5.74) is -0.210. The van der Waals surface area contributed by atoms with E-state index in [0.717, 1.165) is 6.07 Å². The van der Waals surface area contributed by atoms with Gasteiger partial charge in [0.25, 0.3) is 11.8 Å². The third-order valence-corrected chi connectivity index (χ3v) is 3.93. The van der Waals surface area contributed by atoms with E-state index in [1.165, 1.54) is 38.5 Å². The number of imide groups is 2. The van der Waals surface area contributed by atoms with Crippen LogP contribution < -0.4 is 19.7 Å². The molecule has 8 heteroatoms. The number of benzene rings is 2. The first kappa shape index (κ1) is 18.1. The predicted octanol–water partition coefficient (Wildman–Crippen LogP) is 2.51. The van der Waals surface area contributed by atoms with Crippen LogP contribution in [0.3, 0.4) is 0 Å². The molecule has 1 aliphatic rings. The van der Waals surface area contributed by atoms with Crippen molar-refractivity contribution in [3.05, 3.63) is 59.4 Å². The maximum Gasteiger partial charge on any atom is 0.336 e. The molecule has 0 atom stereocenters. The molecule has 0 unspecified atom stereocenters. The number of ether oxygens (including phenoxy) is 2. The third-order valence-electron chi connectivity index (χ3n) is 3.93. The second kappa shape index (κ2) is 7.28. The minimum absolute atomic E-state index is 0.254. The highest BCUT2D eigenvalue weighted by atomic mass is 19.1. The summed E-state index contributed by atoms with van der Waals surface area (Å²) in [4.78, 5) is 37.7. The van der Waals surface area contributed by atoms with E-state index >= 15 is 0 Å². The summed E-state index contributed by atoms with van der Waals surface area (Å²) in [6.45, 7) is 0. The van der Waals surface area contributed by atoms with Gasteiger partial charge in [-0.25, -0.2) is 14.1 Å². The summed E-state index contributed by atoms with van der Waals surface area (Å²) in [5.74, 6) is -1.73. The lowest BCUT2D eigenvalue weighted by molar-refractivity contribution is -0.122. The van der Waals surface area contributed by atoms with Gasteiger partial charge in [-0.3, -0.25) is 14.9 Å². The van der Waals surface area contributed by atoms with E-state index in [9.17, 15) is 18.8 Å². The number of methoxy groups -OCH3 is 2. The second-order valence-electron chi connectivity index (χ2n) is 5.52. The monoisotopic (exact) mass is 370 g/mol. The predicted molar refractivity (Wildman–Crippen MR) is 94.9 cm³/mol. The first-order chi connectivity index (χ1) is 13.0. The van der Waals surface area contributed by atoms with Crippen molar-refractivity contribution in [2.24, 2.45) is 0 Å².